The van der Waals surface area contributed by atoms with Gasteiger partial charge in [0.05, 0.1) is 11.9 Å². The number of hydrogen-bond donors (Lipinski definition) is 1. The van der Waals surface area contributed by atoms with E-state index in [-0.39, 0.29) is 17.6 Å². The molecular weight excluding hydrogens is 252 g/mol. The van der Waals surface area contributed by atoms with Gasteiger partial charge in [-0.3, -0.25) is 4.79 Å². The maximum absolute atomic E-state index is 12.0. The zero-order valence-electron chi connectivity index (χ0n) is 11.3. The summed E-state index contributed by atoms with van der Waals surface area (Å²) in [5, 5.41) is 11.1. The molecule has 0 spiro atoms. The first kappa shape index (κ1) is 13.8. The third kappa shape index (κ3) is 3.23. The van der Waals surface area contributed by atoms with Crippen LogP contribution in [-0.2, 0) is 0 Å². The average molecular weight is 268 g/mol. The molecule has 5 nitrogen and oxygen atoms in total. The molecule has 0 aliphatic rings. The Labute approximate surface area is 118 Å². The number of aromatic nitrogens is 3. The number of nitrogens with zero attached hydrogens (tertiary/aromatic N) is 3. The van der Waals surface area contributed by atoms with E-state index >= 15 is 0 Å². The SMILES string of the molecule is C#CCC(CC)NC(=O)c1cnn(-c2ccccc2)n1. The molecule has 0 fully saturated rings. The molecule has 1 aromatic carbocycles. The van der Waals surface area contributed by atoms with Crippen LogP contribution in [0.2, 0.25) is 0 Å². The Morgan fingerprint density at radius 3 is 2.85 bits per heavy atom. The molecule has 1 amide bonds. The van der Waals surface area contributed by atoms with Crippen molar-refractivity contribution in [2.24, 2.45) is 0 Å². The minimum atomic E-state index is -0.255. The highest BCUT2D eigenvalue weighted by atomic mass is 16.2. The van der Waals surface area contributed by atoms with Crippen molar-refractivity contribution >= 4 is 5.91 Å². The van der Waals surface area contributed by atoms with E-state index in [1.807, 2.05) is 37.3 Å². The molecular formula is C15H16N4O. The molecule has 1 heterocycles. The first-order valence-corrected chi connectivity index (χ1v) is 6.46. The summed E-state index contributed by atoms with van der Waals surface area (Å²) in [4.78, 5) is 13.5. The quantitative estimate of drug-likeness (QED) is 0.841. The number of nitrogens with one attached hydrogen (secondary N) is 1. The summed E-state index contributed by atoms with van der Waals surface area (Å²) >= 11 is 0. The van der Waals surface area contributed by atoms with Crippen molar-refractivity contribution in [3.05, 3.63) is 42.2 Å². The highest BCUT2D eigenvalue weighted by Gasteiger charge is 2.15. The summed E-state index contributed by atoms with van der Waals surface area (Å²) in [5.74, 6) is 2.30. The van der Waals surface area contributed by atoms with Gasteiger partial charge in [0.1, 0.15) is 0 Å². The molecule has 0 saturated carbocycles. The van der Waals surface area contributed by atoms with E-state index in [1.165, 1.54) is 11.0 Å². The van der Waals surface area contributed by atoms with Crippen molar-refractivity contribution in [3.63, 3.8) is 0 Å². The molecule has 1 unspecified atom stereocenters. The van der Waals surface area contributed by atoms with E-state index in [0.717, 1.165) is 12.1 Å². The lowest BCUT2D eigenvalue weighted by molar-refractivity contribution is 0.0931. The highest BCUT2D eigenvalue weighted by molar-refractivity contribution is 5.92. The number of carbonyl (C=O) groups excluding carboxylic acids is 1. The van der Waals surface area contributed by atoms with E-state index in [4.69, 9.17) is 6.42 Å². The molecule has 102 valence electrons. The number of carbonyl (C=O) groups is 1. The van der Waals surface area contributed by atoms with Gasteiger partial charge in [0.25, 0.3) is 5.91 Å². The molecule has 0 aliphatic heterocycles. The molecule has 1 N–H and O–H groups in total. The van der Waals surface area contributed by atoms with Gasteiger partial charge in [-0.05, 0) is 18.6 Å². The normalized spacial score (nSPS) is 11.6. The van der Waals surface area contributed by atoms with Crippen LogP contribution in [0.1, 0.15) is 30.3 Å². The maximum atomic E-state index is 12.0. The van der Waals surface area contributed by atoms with Crippen molar-refractivity contribution in [1.29, 1.82) is 0 Å². The number of amides is 1. The molecule has 2 rings (SSSR count). The summed E-state index contributed by atoms with van der Waals surface area (Å²) in [6.45, 7) is 1.98. The summed E-state index contributed by atoms with van der Waals surface area (Å²) in [5.41, 5.74) is 1.09. The molecule has 2 aromatic rings. The van der Waals surface area contributed by atoms with Crippen LogP contribution in [0, 0.1) is 12.3 Å². The van der Waals surface area contributed by atoms with Crippen LogP contribution in [-0.4, -0.2) is 26.9 Å². The van der Waals surface area contributed by atoms with Gasteiger partial charge in [-0.25, -0.2) is 0 Å². The Kier molecular flexibility index (Phi) is 4.51. The van der Waals surface area contributed by atoms with Crippen molar-refractivity contribution in [2.45, 2.75) is 25.8 Å². The molecule has 5 heteroatoms. The van der Waals surface area contributed by atoms with E-state index in [2.05, 4.69) is 21.4 Å². The van der Waals surface area contributed by atoms with Crippen LogP contribution >= 0.6 is 0 Å². The van der Waals surface area contributed by atoms with Crippen LogP contribution in [0.25, 0.3) is 5.69 Å². The van der Waals surface area contributed by atoms with Crippen LogP contribution in [0.4, 0.5) is 0 Å². The van der Waals surface area contributed by atoms with Crippen LogP contribution in [0.15, 0.2) is 36.5 Å². The van der Waals surface area contributed by atoms with Crippen LogP contribution in [0.3, 0.4) is 0 Å². The number of para-hydroxylation sites is 1. The number of benzene rings is 1. The first-order valence-electron chi connectivity index (χ1n) is 6.46. The smallest absolute Gasteiger partial charge is 0.273 e. The van der Waals surface area contributed by atoms with Crippen molar-refractivity contribution in [2.75, 3.05) is 0 Å². The van der Waals surface area contributed by atoms with E-state index < -0.39 is 0 Å². The predicted octanol–water partition coefficient (Wildman–Crippen LogP) is 1.80. The lowest BCUT2D eigenvalue weighted by Crippen LogP contribution is -2.34. The summed E-state index contributed by atoms with van der Waals surface area (Å²) in [7, 11) is 0. The van der Waals surface area contributed by atoms with Gasteiger partial charge in [-0.15, -0.1) is 17.4 Å². The number of terminal acetylenes is 1. The van der Waals surface area contributed by atoms with Crippen molar-refractivity contribution < 1.29 is 4.79 Å². The molecule has 1 atom stereocenters. The van der Waals surface area contributed by atoms with Gasteiger partial charge in [0, 0.05) is 12.5 Å². The first-order chi connectivity index (χ1) is 9.74. The fourth-order valence-electron chi connectivity index (χ4n) is 1.75. The Morgan fingerprint density at radius 2 is 2.20 bits per heavy atom. The van der Waals surface area contributed by atoms with Gasteiger partial charge in [0.15, 0.2) is 5.69 Å². The monoisotopic (exact) mass is 268 g/mol. The van der Waals surface area contributed by atoms with Crippen molar-refractivity contribution in [1.82, 2.24) is 20.3 Å². The molecule has 0 bridgehead atoms. The highest BCUT2D eigenvalue weighted by Crippen LogP contribution is 2.05. The van der Waals surface area contributed by atoms with E-state index in [1.54, 1.807) is 0 Å². The minimum Gasteiger partial charge on any atom is -0.347 e. The number of hydrogen-bond acceptors (Lipinski definition) is 3. The largest absolute Gasteiger partial charge is 0.347 e. The second-order valence-corrected chi connectivity index (χ2v) is 4.34. The van der Waals surface area contributed by atoms with Gasteiger partial charge in [0.2, 0.25) is 0 Å². The second kappa shape index (κ2) is 6.53. The Bertz CT molecular complexity index is 612. The standard InChI is InChI=1S/C15H16N4O/c1-3-8-12(4-2)17-15(20)14-11-16-19(18-14)13-9-6-5-7-10-13/h1,5-7,9-12H,4,8H2,2H3,(H,17,20). The predicted molar refractivity (Wildman–Crippen MR) is 76.4 cm³/mol. The van der Waals surface area contributed by atoms with Gasteiger partial charge in [-0.1, -0.05) is 25.1 Å². The minimum absolute atomic E-state index is 0.0330. The second-order valence-electron chi connectivity index (χ2n) is 4.34. The fourth-order valence-corrected chi connectivity index (χ4v) is 1.75. The lowest BCUT2D eigenvalue weighted by Gasteiger charge is -2.12. The summed E-state index contributed by atoms with van der Waals surface area (Å²) in [6, 6.07) is 9.39. The lowest BCUT2D eigenvalue weighted by atomic mass is 10.1. The summed E-state index contributed by atoms with van der Waals surface area (Å²) in [6.07, 6.45) is 8.00. The van der Waals surface area contributed by atoms with Gasteiger partial charge >= 0.3 is 0 Å². The Morgan fingerprint density at radius 1 is 1.45 bits per heavy atom. The zero-order valence-corrected chi connectivity index (χ0v) is 11.3. The summed E-state index contributed by atoms with van der Waals surface area (Å²) < 4.78 is 0. The molecule has 0 radical (unpaired) electrons. The molecule has 20 heavy (non-hydrogen) atoms. The zero-order chi connectivity index (χ0) is 14.4. The van der Waals surface area contributed by atoms with Gasteiger partial charge in [-0.2, -0.15) is 9.90 Å². The number of rotatable bonds is 5. The molecule has 0 aliphatic carbocycles. The van der Waals surface area contributed by atoms with Gasteiger partial charge < -0.3 is 5.32 Å². The Balaban J connectivity index is 2.09. The van der Waals surface area contributed by atoms with Crippen LogP contribution in [0.5, 0.6) is 0 Å². The van der Waals surface area contributed by atoms with Crippen molar-refractivity contribution in [3.8, 4) is 18.0 Å². The average Bonchev–Trinajstić information content (AvgIpc) is 2.97. The molecule has 0 saturated heterocycles. The third-order valence-corrected chi connectivity index (χ3v) is 2.90. The van der Waals surface area contributed by atoms with E-state index in [9.17, 15) is 4.79 Å². The third-order valence-electron chi connectivity index (χ3n) is 2.90. The molecule has 1 aromatic heterocycles. The fraction of sp³-hybridized carbons (Fsp3) is 0.267. The van der Waals surface area contributed by atoms with Crippen LogP contribution < -0.4 is 5.32 Å². The van der Waals surface area contributed by atoms with E-state index in [0.29, 0.717) is 6.42 Å². The maximum Gasteiger partial charge on any atom is 0.273 e. The Hall–Kier alpha value is -2.61. The topological polar surface area (TPSA) is 59.8 Å².